The second-order valence-corrected chi connectivity index (χ2v) is 11.2. The van der Waals surface area contributed by atoms with Gasteiger partial charge in [-0.1, -0.05) is 81.3 Å². The minimum Gasteiger partial charge on any atom is -0.344 e. The maximum atomic E-state index is 15.7. The van der Waals surface area contributed by atoms with Gasteiger partial charge in [0.1, 0.15) is 5.67 Å². The number of nitrogens with two attached hydrogens (primary N) is 1. The fraction of sp³-hybridized carbons (Fsp3) is 0.515. The van der Waals surface area contributed by atoms with Gasteiger partial charge in [0.15, 0.2) is 0 Å². The standard InChI is InChI=1S/C33H46FN3/c1-4-6-9-18-33(34,19-20-35)25-36-21-16-29(17-22-36)24-37-26(3)31(30-10-7-8-11-32(30)37)23-28-14-12-27(5-2)13-15-28/h5,7-8,10-15,29H,2,4,6,9,16-25,35H2,1,3H3. The minimum absolute atomic E-state index is 0.430. The quantitative estimate of drug-likeness (QED) is 0.245. The van der Waals surface area contributed by atoms with Crippen LogP contribution in [0.5, 0.6) is 0 Å². The molecule has 4 rings (SSSR count). The van der Waals surface area contributed by atoms with Crippen molar-refractivity contribution in [2.75, 3.05) is 26.2 Å². The van der Waals surface area contributed by atoms with Gasteiger partial charge in [0.25, 0.3) is 0 Å². The van der Waals surface area contributed by atoms with E-state index in [4.69, 9.17) is 5.73 Å². The zero-order valence-corrected chi connectivity index (χ0v) is 23.0. The number of unbranched alkanes of at least 4 members (excludes halogenated alkanes) is 2. The van der Waals surface area contributed by atoms with Crippen LogP contribution in [0, 0.1) is 12.8 Å². The number of rotatable bonds is 13. The lowest BCUT2D eigenvalue weighted by Gasteiger charge is -2.37. The van der Waals surface area contributed by atoms with E-state index in [2.05, 4.69) is 78.4 Å². The fourth-order valence-electron chi connectivity index (χ4n) is 6.16. The van der Waals surface area contributed by atoms with Crippen LogP contribution < -0.4 is 5.73 Å². The van der Waals surface area contributed by atoms with Gasteiger partial charge in [0.05, 0.1) is 0 Å². The molecule has 200 valence electrons. The van der Waals surface area contributed by atoms with E-state index in [0.717, 1.165) is 63.7 Å². The smallest absolute Gasteiger partial charge is 0.124 e. The van der Waals surface area contributed by atoms with Crippen LogP contribution in [0.3, 0.4) is 0 Å². The molecule has 3 nitrogen and oxygen atoms in total. The third kappa shape index (κ3) is 6.91. The van der Waals surface area contributed by atoms with Crippen LogP contribution in [0.2, 0.25) is 0 Å². The second kappa shape index (κ2) is 12.9. The normalized spacial score (nSPS) is 16.8. The van der Waals surface area contributed by atoms with Gasteiger partial charge in [-0.2, -0.15) is 0 Å². The SMILES string of the molecule is C=Cc1ccc(Cc2c(C)n(CC3CCN(CC(F)(CCN)CCCCC)CC3)c3ccccc23)cc1. The first-order valence-corrected chi connectivity index (χ1v) is 14.4. The zero-order valence-electron chi connectivity index (χ0n) is 23.0. The molecule has 0 radical (unpaired) electrons. The van der Waals surface area contributed by atoms with Crippen molar-refractivity contribution >= 4 is 17.0 Å². The summed E-state index contributed by atoms with van der Waals surface area (Å²) in [5, 5.41) is 1.36. The Morgan fingerprint density at radius 3 is 2.46 bits per heavy atom. The van der Waals surface area contributed by atoms with Crippen molar-refractivity contribution in [2.45, 2.75) is 77.4 Å². The predicted octanol–water partition coefficient (Wildman–Crippen LogP) is 7.53. The Kier molecular flexibility index (Phi) is 9.61. The van der Waals surface area contributed by atoms with Gasteiger partial charge in [0.2, 0.25) is 0 Å². The first kappa shape index (κ1) is 27.6. The van der Waals surface area contributed by atoms with E-state index in [1.807, 2.05) is 6.08 Å². The van der Waals surface area contributed by atoms with Crippen molar-refractivity contribution in [3.8, 4) is 0 Å². The molecule has 0 aliphatic carbocycles. The number of alkyl halides is 1. The monoisotopic (exact) mass is 503 g/mol. The number of benzene rings is 2. The molecule has 2 N–H and O–H groups in total. The molecule has 0 saturated carbocycles. The van der Waals surface area contributed by atoms with E-state index in [1.54, 1.807) is 0 Å². The average Bonchev–Trinajstić information content (AvgIpc) is 3.16. The van der Waals surface area contributed by atoms with Crippen molar-refractivity contribution in [3.05, 3.63) is 77.5 Å². The van der Waals surface area contributed by atoms with E-state index in [9.17, 15) is 0 Å². The number of piperidine rings is 1. The Bertz CT molecular complexity index is 1140. The van der Waals surface area contributed by atoms with Crippen molar-refractivity contribution < 1.29 is 4.39 Å². The summed E-state index contributed by atoms with van der Waals surface area (Å²) in [6.07, 6.45) is 9.39. The van der Waals surface area contributed by atoms with Crippen LogP contribution in [0.15, 0.2) is 55.1 Å². The number of aromatic nitrogens is 1. The first-order valence-electron chi connectivity index (χ1n) is 14.4. The lowest BCUT2D eigenvalue weighted by atomic mass is 9.91. The maximum Gasteiger partial charge on any atom is 0.124 e. The highest BCUT2D eigenvalue weighted by molar-refractivity contribution is 5.86. The highest BCUT2D eigenvalue weighted by atomic mass is 19.1. The van der Waals surface area contributed by atoms with E-state index in [0.29, 0.717) is 31.8 Å². The molecule has 4 heteroatoms. The number of likely N-dealkylation sites (tertiary alicyclic amines) is 1. The molecule has 3 aromatic rings. The molecule has 1 saturated heterocycles. The molecule has 1 aliphatic rings. The van der Waals surface area contributed by atoms with Crippen molar-refractivity contribution in [1.29, 1.82) is 0 Å². The Morgan fingerprint density at radius 2 is 1.78 bits per heavy atom. The highest BCUT2D eigenvalue weighted by Crippen LogP contribution is 2.32. The number of halogens is 1. The van der Waals surface area contributed by atoms with Crippen LogP contribution in [-0.2, 0) is 13.0 Å². The molecule has 0 spiro atoms. The summed E-state index contributed by atoms with van der Waals surface area (Å²) < 4.78 is 18.2. The van der Waals surface area contributed by atoms with Crippen molar-refractivity contribution in [1.82, 2.24) is 9.47 Å². The Morgan fingerprint density at radius 1 is 1.05 bits per heavy atom. The Labute approximate surface area is 223 Å². The molecule has 1 atom stereocenters. The van der Waals surface area contributed by atoms with E-state index < -0.39 is 5.67 Å². The van der Waals surface area contributed by atoms with Gasteiger partial charge < -0.3 is 15.2 Å². The lowest BCUT2D eigenvalue weighted by Crippen LogP contribution is -2.45. The summed E-state index contributed by atoms with van der Waals surface area (Å²) in [5.74, 6) is 0.620. The van der Waals surface area contributed by atoms with Crippen LogP contribution >= 0.6 is 0 Å². The van der Waals surface area contributed by atoms with Crippen LogP contribution in [0.1, 0.15) is 74.3 Å². The van der Waals surface area contributed by atoms with Crippen molar-refractivity contribution in [2.24, 2.45) is 11.7 Å². The second-order valence-electron chi connectivity index (χ2n) is 11.2. The third-order valence-electron chi connectivity index (χ3n) is 8.43. The number of para-hydroxylation sites is 1. The van der Waals surface area contributed by atoms with Gasteiger partial charge in [0, 0.05) is 29.7 Å². The molecule has 0 amide bonds. The summed E-state index contributed by atoms with van der Waals surface area (Å²) in [6.45, 7) is 12.3. The maximum absolute atomic E-state index is 15.7. The Hall–Kier alpha value is -2.43. The molecule has 2 aromatic carbocycles. The predicted molar refractivity (Wildman–Crippen MR) is 157 cm³/mol. The van der Waals surface area contributed by atoms with Gasteiger partial charge >= 0.3 is 0 Å². The Balaban J connectivity index is 1.43. The van der Waals surface area contributed by atoms with Gasteiger partial charge in [-0.05, 0) is 87.3 Å². The van der Waals surface area contributed by atoms with Crippen molar-refractivity contribution in [3.63, 3.8) is 0 Å². The average molecular weight is 504 g/mol. The van der Waals surface area contributed by atoms with Gasteiger partial charge in [-0.3, -0.25) is 0 Å². The molecule has 1 aromatic heterocycles. The topological polar surface area (TPSA) is 34.2 Å². The van der Waals surface area contributed by atoms with E-state index in [-0.39, 0.29) is 0 Å². The molecular formula is C33H46FN3. The zero-order chi connectivity index (χ0) is 26.3. The molecule has 2 heterocycles. The number of fused-ring (bicyclic) bond motifs is 1. The third-order valence-corrected chi connectivity index (χ3v) is 8.43. The van der Waals surface area contributed by atoms with Gasteiger partial charge in [-0.15, -0.1) is 0 Å². The molecule has 37 heavy (non-hydrogen) atoms. The highest BCUT2D eigenvalue weighted by Gasteiger charge is 2.32. The van der Waals surface area contributed by atoms with Crippen LogP contribution in [0.25, 0.3) is 17.0 Å². The van der Waals surface area contributed by atoms with Crippen LogP contribution in [0.4, 0.5) is 4.39 Å². The number of hydrogen-bond donors (Lipinski definition) is 1. The minimum atomic E-state index is -1.14. The molecule has 1 fully saturated rings. The lowest BCUT2D eigenvalue weighted by molar-refractivity contribution is 0.0544. The van der Waals surface area contributed by atoms with E-state index >= 15 is 4.39 Å². The van der Waals surface area contributed by atoms with Gasteiger partial charge in [-0.25, -0.2) is 4.39 Å². The molecule has 1 unspecified atom stereocenters. The molecule has 0 bridgehead atoms. The largest absolute Gasteiger partial charge is 0.344 e. The summed E-state index contributed by atoms with van der Waals surface area (Å²) in [5.41, 5.74) is 11.3. The summed E-state index contributed by atoms with van der Waals surface area (Å²) in [7, 11) is 0. The molecule has 1 aliphatic heterocycles. The summed E-state index contributed by atoms with van der Waals surface area (Å²) in [4.78, 5) is 2.36. The number of nitrogens with zero attached hydrogens (tertiary/aromatic N) is 2. The summed E-state index contributed by atoms with van der Waals surface area (Å²) in [6, 6.07) is 17.6. The van der Waals surface area contributed by atoms with E-state index in [1.165, 1.54) is 27.7 Å². The van der Waals surface area contributed by atoms with Crippen LogP contribution in [-0.4, -0.2) is 41.3 Å². The number of hydrogen-bond acceptors (Lipinski definition) is 2. The fourth-order valence-corrected chi connectivity index (χ4v) is 6.16. The molecular weight excluding hydrogens is 457 g/mol. The summed E-state index contributed by atoms with van der Waals surface area (Å²) >= 11 is 0. The first-order chi connectivity index (χ1) is 18.0.